The molecule has 1 saturated heterocycles. The summed E-state index contributed by atoms with van der Waals surface area (Å²) in [5.41, 5.74) is 0.543. The van der Waals surface area contributed by atoms with Crippen LogP contribution in [-0.2, 0) is 9.53 Å². The number of carbonyl (C=O) groups excluding carboxylic acids is 2. The van der Waals surface area contributed by atoms with E-state index in [1.54, 1.807) is 4.90 Å². The normalized spacial score (nSPS) is 20.8. The molecule has 1 fully saturated rings. The Balaban J connectivity index is 2.14. The van der Waals surface area contributed by atoms with Crippen LogP contribution in [-0.4, -0.2) is 48.3 Å². The maximum Gasteiger partial charge on any atom is 0.256 e. The van der Waals surface area contributed by atoms with Gasteiger partial charge in [-0.1, -0.05) is 0 Å². The summed E-state index contributed by atoms with van der Waals surface area (Å²) in [5.74, 6) is -0.481. The fourth-order valence-corrected chi connectivity index (χ4v) is 3.03. The van der Waals surface area contributed by atoms with Crippen molar-refractivity contribution < 1.29 is 19.5 Å². The number of anilines is 2. The molecule has 0 spiro atoms. The number of carbonyl (C=O) groups is 2. The number of amides is 2. The zero-order chi connectivity index (χ0) is 15.9. The van der Waals surface area contributed by atoms with Crippen LogP contribution in [0.5, 0.6) is 0 Å². The Kier molecular flexibility index (Phi) is 3.73. The van der Waals surface area contributed by atoms with Crippen LogP contribution in [0.15, 0.2) is 18.2 Å². The Morgan fingerprint density at radius 1 is 1.45 bits per heavy atom. The molecular weight excluding hydrogens is 290 g/mol. The van der Waals surface area contributed by atoms with E-state index in [0.717, 1.165) is 6.42 Å². The van der Waals surface area contributed by atoms with E-state index < -0.39 is 6.04 Å². The predicted molar refractivity (Wildman–Crippen MR) is 77.5 cm³/mol. The Hall–Kier alpha value is -2.16. The topological polar surface area (TPSA) is 96.4 Å². The van der Waals surface area contributed by atoms with Crippen LogP contribution in [0.4, 0.5) is 11.4 Å². The number of hydrogen-bond acceptors (Lipinski definition) is 6. The summed E-state index contributed by atoms with van der Waals surface area (Å²) in [5, 5.41) is 19.8. The van der Waals surface area contributed by atoms with Crippen LogP contribution in [0.3, 0.4) is 0 Å². The second-order valence-electron chi connectivity index (χ2n) is 5.32. The molecule has 118 valence electrons. The second kappa shape index (κ2) is 5.56. The third kappa shape index (κ3) is 2.21. The minimum atomic E-state index is -0.504. The van der Waals surface area contributed by atoms with Crippen LogP contribution in [0.25, 0.3) is 0 Å². The summed E-state index contributed by atoms with van der Waals surface area (Å²) < 4.78 is 5.07. The molecule has 0 saturated carbocycles. The van der Waals surface area contributed by atoms with E-state index in [2.05, 4.69) is 0 Å². The zero-order valence-corrected chi connectivity index (χ0v) is 12.1. The average molecular weight is 306 g/mol. The van der Waals surface area contributed by atoms with Crippen LogP contribution >= 0.6 is 0 Å². The molecule has 2 aliphatic rings. The van der Waals surface area contributed by atoms with Gasteiger partial charge in [-0.3, -0.25) is 19.7 Å². The first-order valence-corrected chi connectivity index (χ1v) is 6.96. The van der Waals surface area contributed by atoms with Gasteiger partial charge in [0.25, 0.3) is 11.8 Å². The largest absolute Gasteiger partial charge is 0.733 e. The molecule has 1 atom stereocenters. The number of ether oxygens (including phenoxy) is 1. The molecule has 22 heavy (non-hydrogen) atoms. The molecule has 2 aliphatic heterocycles. The molecule has 1 unspecified atom stereocenters. The SMILES string of the molecule is COCN1C(=O)C2CCCN2C(=O)c2ccc(N([O-])O)cc21. The van der Waals surface area contributed by atoms with Crippen LogP contribution in [0.1, 0.15) is 23.2 Å². The number of methoxy groups -OCH3 is 1. The van der Waals surface area contributed by atoms with Gasteiger partial charge in [0.15, 0.2) is 0 Å². The number of fused-ring (bicyclic) bond motifs is 2. The predicted octanol–water partition coefficient (Wildman–Crippen LogP) is 0.935. The van der Waals surface area contributed by atoms with E-state index in [9.17, 15) is 14.8 Å². The summed E-state index contributed by atoms with van der Waals surface area (Å²) in [4.78, 5) is 28.3. The van der Waals surface area contributed by atoms with E-state index in [4.69, 9.17) is 9.94 Å². The third-order valence-corrected chi connectivity index (χ3v) is 4.05. The Morgan fingerprint density at radius 2 is 2.23 bits per heavy atom. The first-order valence-electron chi connectivity index (χ1n) is 6.96. The Labute approximate surface area is 127 Å². The first kappa shape index (κ1) is 14.8. The number of hydrogen-bond donors (Lipinski definition) is 1. The molecule has 0 bridgehead atoms. The van der Waals surface area contributed by atoms with Crippen molar-refractivity contribution in [3.8, 4) is 0 Å². The first-order chi connectivity index (χ1) is 10.5. The highest BCUT2D eigenvalue weighted by molar-refractivity contribution is 6.11. The van der Waals surface area contributed by atoms with Crippen LogP contribution in [0, 0.1) is 5.21 Å². The molecule has 8 nitrogen and oxygen atoms in total. The van der Waals surface area contributed by atoms with Crippen molar-refractivity contribution in [2.75, 3.05) is 30.5 Å². The monoisotopic (exact) mass is 306 g/mol. The molecule has 2 heterocycles. The van der Waals surface area contributed by atoms with E-state index in [0.29, 0.717) is 18.5 Å². The second-order valence-corrected chi connectivity index (χ2v) is 5.32. The Bertz CT molecular complexity index is 618. The molecule has 3 rings (SSSR count). The highest BCUT2D eigenvalue weighted by Gasteiger charge is 2.42. The van der Waals surface area contributed by atoms with Gasteiger partial charge in [0.05, 0.1) is 16.9 Å². The van der Waals surface area contributed by atoms with Crippen molar-refractivity contribution in [2.45, 2.75) is 18.9 Å². The Morgan fingerprint density at radius 3 is 2.91 bits per heavy atom. The van der Waals surface area contributed by atoms with Gasteiger partial charge in [-0.15, -0.1) is 0 Å². The lowest BCUT2D eigenvalue weighted by atomic mass is 10.1. The fraction of sp³-hybridized carbons (Fsp3) is 0.429. The van der Waals surface area contributed by atoms with E-state index in [-0.39, 0.29) is 35.1 Å². The van der Waals surface area contributed by atoms with Gasteiger partial charge in [0.1, 0.15) is 12.8 Å². The van der Waals surface area contributed by atoms with Crippen molar-refractivity contribution in [1.82, 2.24) is 4.90 Å². The van der Waals surface area contributed by atoms with Gasteiger partial charge >= 0.3 is 0 Å². The van der Waals surface area contributed by atoms with Crippen molar-refractivity contribution >= 4 is 23.2 Å². The maximum atomic E-state index is 12.7. The van der Waals surface area contributed by atoms with Crippen molar-refractivity contribution in [1.29, 1.82) is 0 Å². The van der Waals surface area contributed by atoms with Crippen molar-refractivity contribution in [3.05, 3.63) is 29.0 Å². The maximum absolute atomic E-state index is 12.7. The molecular formula is C14H16N3O5-. The standard InChI is InChI=1S/C14H16N3O5/c1-22-8-16-12-7-9(17(20)21)4-5-10(12)13(18)15-6-2-3-11(15)14(16)19/h4-5,7,11,20H,2-3,6,8H2,1H3/q-1. The van der Waals surface area contributed by atoms with E-state index in [1.807, 2.05) is 0 Å². The fourth-order valence-electron chi connectivity index (χ4n) is 3.03. The summed E-state index contributed by atoms with van der Waals surface area (Å²) in [6.45, 7) is 0.502. The number of nitrogens with zero attached hydrogens (tertiary/aromatic N) is 3. The van der Waals surface area contributed by atoms with Gasteiger partial charge in [0.2, 0.25) is 0 Å². The van der Waals surface area contributed by atoms with Crippen molar-refractivity contribution in [3.63, 3.8) is 0 Å². The molecule has 2 amide bonds. The summed E-state index contributed by atoms with van der Waals surface area (Å²) in [6, 6.07) is 3.61. The highest BCUT2D eigenvalue weighted by Crippen LogP contribution is 2.34. The van der Waals surface area contributed by atoms with Crippen molar-refractivity contribution in [2.24, 2.45) is 0 Å². The van der Waals surface area contributed by atoms with Gasteiger partial charge in [0, 0.05) is 13.7 Å². The molecule has 8 heteroatoms. The lowest BCUT2D eigenvalue weighted by Gasteiger charge is -2.27. The molecule has 1 aromatic rings. The van der Waals surface area contributed by atoms with Gasteiger partial charge in [-0.05, 0) is 31.0 Å². The summed E-state index contributed by atoms with van der Waals surface area (Å²) in [7, 11) is 1.45. The quantitative estimate of drug-likeness (QED) is 0.835. The molecule has 0 radical (unpaired) electrons. The molecule has 1 N–H and O–H groups in total. The minimum absolute atomic E-state index is 0.0306. The minimum Gasteiger partial charge on any atom is -0.733 e. The van der Waals surface area contributed by atoms with E-state index >= 15 is 0 Å². The molecule has 1 aromatic carbocycles. The lowest BCUT2D eigenvalue weighted by Crippen LogP contribution is -2.45. The van der Waals surface area contributed by atoms with Crippen LogP contribution in [0.2, 0.25) is 0 Å². The summed E-state index contributed by atoms with van der Waals surface area (Å²) in [6.07, 6.45) is 1.39. The smallest absolute Gasteiger partial charge is 0.256 e. The summed E-state index contributed by atoms with van der Waals surface area (Å²) >= 11 is 0. The lowest BCUT2D eigenvalue weighted by molar-refractivity contribution is -0.123. The van der Waals surface area contributed by atoms with Gasteiger partial charge in [-0.25, -0.2) is 0 Å². The third-order valence-electron chi connectivity index (χ3n) is 4.05. The average Bonchev–Trinajstić information content (AvgIpc) is 2.97. The van der Waals surface area contributed by atoms with Gasteiger partial charge in [-0.2, -0.15) is 0 Å². The molecule has 0 aromatic heterocycles. The zero-order valence-electron chi connectivity index (χ0n) is 12.1. The molecule has 0 aliphatic carbocycles. The number of benzene rings is 1. The number of rotatable bonds is 3. The van der Waals surface area contributed by atoms with E-state index in [1.165, 1.54) is 30.2 Å². The van der Waals surface area contributed by atoms with Gasteiger partial charge < -0.3 is 20.1 Å². The highest BCUT2D eigenvalue weighted by atomic mass is 16.8. The van der Waals surface area contributed by atoms with Crippen LogP contribution < -0.4 is 10.1 Å².